The number of hydrogen-bond donors (Lipinski definition) is 0. The van der Waals surface area contributed by atoms with Crippen LogP contribution in [0, 0.1) is 0 Å². The highest BCUT2D eigenvalue weighted by atomic mass is 35.5. The zero-order valence-corrected chi connectivity index (χ0v) is 14.9. The highest BCUT2D eigenvalue weighted by Gasteiger charge is 2.26. The monoisotopic (exact) mass is 358 g/mol. The van der Waals surface area contributed by atoms with Crippen LogP contribution in [0.2, 0.25) is 5.02 Å². The lowest BCUT2D eigenvalue weighted by molar-refractivity contribution is 0.476. The van der Waals surface area contributed by atoms with Gasteiger partial charge in [-0.3, -0.25) is 0 Å². The van der Waals surface area contributed by atoms with Crippen LogP contribution in [0.15, 0.2) is 25.0 Å². The predicted octanol–water partition coefficient (Wildman–Crippen LogP) is 1.91. The molecule has 4 rings (SSSR count). The molecule has 25 heavy (non-hydrogen) atoms. The number of piperidine rings is 1. The molecule has 3 aromatic rings. The normalized spacial score (nSPS) is 15.7. The summed E-state index contributed by atoms with van der Waals surface area (Å²) >= 11 is 5.87. The van der Waals surface area contributed by atoms with E-state index in [0.717, 1.165) is 42.9 Å². The van der Waals surface area contributed by atoms with Crippen LogP contribution < -0.4 is 9.80 Å². The Morgan fingerprint density at radius 2 is 1.80 bits per heavy atom. The fraction of sp³-hybridized carbons (Fsp3) is 0.438. The minimum Gasteiger partial charge on any atom is -0.355 e. The van der Waals surface area contributed by atoms with Crippen LogP contribution in [-0.2, 0) is 7.05 Å². The second-order valence-electron chi connectivity index (χ2n) is 6.26. The van der Waals surface area contributed by atoms with Crippen molar-refractivity contribution < 1.29 is 0 Å². The van der Waals surface area contributed by atoms with Crippen molar-refractivity contribution in [3.8, 4) is 0 Å². The molecule has 3 aromatic heterocycles. The molecule has 0 amide bonds. The van der Waals surface area contributed by atoms with Crippen LogP contribution in [0.3, 0.4) is 0 Å². The van der Waals surface area contributed by atoms with Gasteiger partial charge < -0.3 is 14.4 Å². The van der Waals surface area contributed by atoms with Crippen molar-refractivity contribution in [2.24, 2.45) is 7.05 Å². The maximum atomic E-state index is 5.87. The first kappa shape index (κ1) is 16.0. The molecular weight excluding hydrogens is 340 g/mol. The fourth-order valence-electron chi connectivity index (χ4n) is 3.28. The largest absolute Gasteiger partial charge is 0.355 e. The summed E-state index contributed by atoms with van der Waals surface area (Å²) in [4.78, 5) is 26.3. The van der Waals surface area contributed by atoms with E-state index in [1.54, 1.807) is 25.0 Å². The molecule has 0 saturated carbocycles. The lowest BCUT2D eigenvalue weighted by Crippen LogP contribution is -2.44. The molecule has 0 unspecified atom stereocenters. The Hall–Kier alpha value is -2.48. The van der Waals surface area contributed by atoms with Crippen LogP contribution in [0.5, 0.6) is 0 Å². The van der Waals surface area contributed by atoms with E-state index in [-0.39, 0.29) is 0 Å². The van der Waals surface area contributed by atoms with E-state index in [0.29, 0.717) is 17.0 Å². The third-order valence-corrected chi connectivity index (χ3v) is 4.91. The second kappa shape index (κ2) is 6.44. The van der Waals surface area contributed by atoms with Gasteiger partial charge in [-0.15, -0.1) is 0 Å². The van der Waals surface area contributed by atoms with Crippen molar-refractivity contribution in [1.29, 1.82) is 0 Å². The van der Waals surface area contributed by atoms with Gasteiger partial charge in [-0.05, 0) is 12.8 Å². The Morgan fingerprint density at radius 1 is 1.08 bits per heavy atom. The Balaban J connectivity index is 1.48. The quantitative estimate of drug-likeness (QED) is 0.707. The first-order valence-corrected chi connectivity index (χ1v) is 8.58. The molecule has 4 heterocycles. The van der Waals surface area contributed by atoms with Gasteiger partial charge in [-0.25, -0.2) is 24.9 Å². The molecule has 0 aromatic carbocycles. The van der Waals surface area contributed by atoms with E-state index >= 15 is 0 Å². The summed E-state index contributed by atoms with van der Waals surface area (Å²) in [6, 6.07) is 0.387. The van der Waals surface area contributed by atoms with Crippen molar-refractivity contribution in [2.45, 2.75) is 18.9 Å². The third kappa shape index (κ3) is 2.97. The molecule has 1 fully saturated rings. The molecule has 1 saturated heterocycles. The van der Waals surface area contributed by atoms with Gasteiger partial charge in [0.15, 0.2) is 17.0 Å². The van der Waals surface area contributed by atoms with E-state index in [2.05, 4.69) is 34.7 Å². The van der Waals surface area contributed by atoms with E-state index < -0.39 is 0 Å². The molecule has 1 aliphatic heterocycles. The summed E-state index contributed by atoms with van der Waals surface area (Å²) in [5, 5.41) is 0.551. The minimum atomic E-state index is 0.387. The Labute approximate surface area is 150 Å². The van der Waals surface area contributed by atoms with Gasteiger partial charge in [-0.2, -0.15) is 0 Å². The zero-order chi connectivity index (χ0) is 17.4. The molecule has 0 aliphatic carbocycles. The number of aryl methyl sites for hydroxylation is 1. The Kier molecular flexibility index (Phi) is 4.12. The Morgan fingerprint density at radius 3 is 2.52 bits per heavy atom. The van der Waals surface area contributed by atoms with Crippen LogP contribution >= 0.6 is 11.6 Å². The topological polar surface area (TPSA) is 75.9 Å². The summed E-state index contributed by atoms with van der Waals surface area (Å²) in [7, 11) is 3.98. The van der Waals surface area contributed by atoms with E-state index in [9.17, 15) is 0 Å². The molecule has 0 bridgehead atoms. The SMILES string of the molecule is CN(c1ncc(Cl)cn1)C1CCN(c2ncnc3c2ncn3C)CC1. The molecular formula is C16H19ClN8. The number of halogens is 1. The summed E-state index contributed by atoms with van der Waals surface area (Å²) in [5.74, 6) is 1.62. The highest BCUT2D eigenvalue weighted by Crippen LogP contribution is 2.26. The maximum Gasteiger partial charge on any atom is 0.225 e. The van der Waals surface area contributed by atoms with Crippen molar-refractivity contribution in [3.05, 3.63) is 30.1 Å². The van der Waals surface area contributed by atoms with E-state index in [4.69, 9.17) is 11.6 Å². The number of rotatable bonds is 3. The first-order valence-electron chi connectivity index (χ1n) is 8.21. The van der Waals surface area contributed by atoms with Gasteiger partial charge in [0, 0.05) is 33.2 Å². The average molecular weight is 359 g/mol. The van der Waals surface area contributed by atoms with Gasteiger partial charge in [-0.1, -0.05) is 11.6 Å². The summed E-state index contributed by atoms with van der Waals surface area (Å²) < 4.78 is 1.92. The highest BCUT2D eigenvalue weighted by molar-refractivity contribution is 6.30. The molecule has 130 valence electrons. The number of nitrogens with zero attached hydrogens (tertiary/aromatic N) is 8. The molecule has 1 aliphatic rings. The number of imidazole rings is 1. The van der Waals surface area contributed by atoms with Gasteiger partial charge in [0.05, 0.1) is 23.7 Å². The number of fused-ring (bicyclic) bond motifs is 1. The lowest BCUT2D eigenvalue weighted by Gasteiger charge is -2.37. The van der Waals surface area contributed by atoms with Crippen molar-refractivity contribution in [2.75, 3.05) is 29.9 Å². The molecule has 0 spiro atoms. The molecule has 0 atom stereocenters. The fourth-order valence-corrected chi connectivity index (χ4v) is 3.38. The first-order chi connectivity index (χ1) is 12.1. The van der Waals surface area contributed by atoms with E-state index in [1.165, 1.54) is 0 Å². The van der Waals surface area contributed by atoms with Gasteiger partial charge in [0.1, 0.15) is 6.33 Å². The minimum absolute atomic E-state index is 0.387. The number of hydrogen-bond acceptors (Lipinski definition) is 7. The van der Waals surface area contributed by atoms with Crippen molar-refractivity contribution >= 4 is 34.5 Å². The maximum absolute atomic E-state index is 5.87. The van der Waals surface area contributed by atoms with Crippen LogP contribution in [-0.4, -0.2) is 55.7 Å². The molecule has 9 heteroatoms. The Bertz CT molecular complexity index is 869. The van der Waals surface area contributed by atoms with Crippen molar-refractivity contribution in [1.82, 2.24) is 29.5 Å². The molecule has 0 radical (unpaired) electrons. The van der Waals surface area contributed by atoms with E-state index in [1.807, 2.05) is 18.7 Å². The third-order valence-electron chi connectivity index (χ3n) is 4.71. The predicted molar refractivity (Wildman–Crippen MR) is 97.0 cm³/mol. The average Bonchev–Trinajstić information content (AvgIpc) is 3.03. The smallest absolute Gasteiger partial charge is 0.225 e. The summed E-state index contributed by atoms with van der Waals surface area (Å²) in [6.07, 6.45) is 8.66. The van der Waals surface area contributed by atoms with Crippen LogP contribution in [0.4, 0.5) is 11.8 Å². The van der Waals surface area contributed by atoms with Gasteiger partial charge >= 0.3 is 0 Å². The van der Waals surface area contributed by atoms with Crippen LogP contribution in [0.25, 0.3) is 11.2 Å². The molecule has 0 N–H and O–H groups in total. The molecule has 8 nitrogen and oxygen atoms in total. The zero-order valence-electron chi connectivity index (χ0n) is 14.2. The standard InChI is InChI=1S/C16H19ClN8/c1-23-10-22-13-14(23)20-9-21-15(13)25-5-3-12(4-6-25)24(2)16-18-7-11(17)8-19-16/h7-10,12H,3-6H2,1-2H3. The summed E-state index contributed by atoms with van der Waals surface area (Å²) in [5.41, 5.74) is 1.72. The number of anilines is 2. The second-order valence-corrected chi connectivity index (χ2v) is 6.69. The van der Waals surface area contributed by atoms with Gasteiger partial charge in [0.25, 0.3) is 0 Å². The van der Waals surface area contributed by atoms with Gasteiger partial charge in [0.2, 0.25) is 5.95 Å². The van der Waals surface area contributed by atoms with Crippen molar-refractivity contribution in [3.63, 3.8) is 0 Å². The summed E-state index contributed by atoms with van der Waals surface area (Å²) in [6.45, 7) is 1.82. The van der Waals surface area contributed by atoms with Crippen LogP contribution in [0.1, 0.15) is 12.8 Å². The lowest BCUT2D eigenvalue weighted by atomic mass is 10.0. The number of aromatic nitrogens is 6.